The van der Waals surface area contributed by atoms with Gasteiger partial charge in [-0.15, -0.1) is 0 Å². The highest BCUT2D eigenvalue weighted by atomic mass is 16.5. The molecule has 0 amide bonds. The van der Waals surface area contributed by atoms with E-state index in [1.807, 2.05) is 0 Å². The first-order valence-corrected chi connectivity index (χ1v) is 4.22. The third kappa shape index (κ3) is 2.48. The number of carbonyl (C=O) groups excluding carboxylic acids is 1. The Bertz CT molecular complexity index is 364. The predicted octanol–water partition coefficient (Wildman–Crippen LogP) is -0.838. The standard InChI is InChI=1S/C9H11BO5/c1-14-8-5-6(9(11)15-2)3-4-7(8)10(12)13/h3-5,12-13H,1-2H3. The Kier molecular flexibility index (Phi) is 3.71. The summed E-state index contributed by atoms with van der Waals surface area (Å²) >= 11 is 0. The van der Waals surface area contributed by atoms with E-state index in [2.05, 4.69) is 4.74 Å². The summed E-state index contributed by atoms with van der Waals surface area (Å²) in [6.07, 6.45) is 0. The molecule has 0 saturated carbocycles. The highest BCUT2D eigenvalue weighted by Crippen LogP contribution is 2.11. The summed E-state index contributed by atoms with van der Waals surface area (Å²) in [5.74, 6) is -0.278. The molecule has 0 atom stereocenters. The summed E-state index contributed by atoms with van der Waals surface area (Å²) in [5, 5.41) is 18.0. The second-order valence-electron chi connectivity index (χ2n) is 2.82. The molecule has 0 aliphatic carbocycles. The van der Waals surface area contributed by atoms with E-state index in [4.69, 9.17) is 14.8 Å². The highest BCUT2D eigenvalue weighted by molar-refractivity contribution is 6.59. The van der Waals surface area contributed by atoms with Gasteiger partial charge in [-0.25, -0.2) is 4.79 Å². The monoisotopic (exact) mass is 210 g/mol. The second kappa shape index (κ2) is 4.81. The zero-order valence-electron chi connectivity index (χ0n) is 8.43. The minimum Gasteiger partial charge on any atom is -0.497 e. The summed E-state index contributed by atoms with van der Waals surface area (Å²) < 4.78 is 9.43. The average Bonchev–Trinajstić information content (AvgIpc) is 2.26. The van der Waals surface area contributed by atoms with Crippen LogP contribution in [0.5, 0.6) is 5.75 Å². The van der Waals surface area contributed by atoms with Crippen molar-refractivity contribution in [3.05, 3.63) is 23.8 Å². The van der Waals surface area contributed by atoms with Crippen LogP contribution in [0.4, 0.5) is 0 Å². The normalized spacial score (nSPS) is 9.60. The summed E-state index contributed by atoms with van der Waals surface area (Å²) in [6.45, 7) is 0. The van der Waals surface area contributed by atoms with Gasteiger partial charge < -0.3 is 19.5 Å². The third-order valence-electron chi connectivity index (χ3n) is 1.93. The van der Waals surface area contributed by atoms with Gasteiger partial charge in [0.15, 0.2) is 0 Å². The van der Waals surface area contributed by atoms with E-state index in [9.17, 15) is 4.79 Å². The molecule has 1 rings (SSSR count). The first-order valence-electron chi connectivity index (χ1n) is 4.22. The molecule has 0 aliphatic heterocycles. The molecule has 0 saturated heterocycles. The van der Waals surface area contributed by atoms with Crippen molar-refractivity contribution in [3.8, 4) is 5.75 Å². The fourth-order valence-corrected chi connectivity index (χ4v) is 1.17. The highest BCUT2D eigenvalue weighted by Gasteiger charge is 2.18. The number of ether oxygens (including phenoxy) is 2. The van der Waals surface area contributed by atoms with Crippen LogP contribution >= 0.6 is 0 Å². The van der Waals surface area contributed by atoms with E-state index in [1.165, 1.54) is 32.4 Å². The van der Waals surface area contributed by atoms with Crippen molar-refractivity contribution in [2.75, 3.05) is 14.2 Å². The van der Waals surface area contributed by atoms with Gasteiger partial charge in [0.2, 0.25) is 0 Å². The van der Waals surface area contributed by atoms with Crippen molar-refractivity contribution in [2.24, 2.45) is 0 Å². The number of esters is 1. The Morgan fingerprint density at radius 1 is 1.33 bits per heavy atom. The first kappa shape index (κ1) is 11.5. The van der Waals surface area contributed by atoms with Gasteiger partial charge in [-0.05, 0) is 12.1 Å². The van der Waals surface area contributed by atoms with Crippen molar-refractivity contribution in [1.82, 2.24) is 0 Å². The van der Waals surface area contributed by atoms with Gasteiger partial charge in [0.1, 0.15) is 5.75 Å². The van der Waals surface area contributed by atoms with Crippen LogP contribution in [0.2, 0.25) is 0 Å². The maximum atomic E-state index is 11.2. The fourth-order valence-electron chi connectivity index (χ4n) is 1.17. The molecule has 0 aromatic heterocycles. The molecular weight excluding hydrogens is 199 g/mol. The molecule has 1 aromatic carbocycles. The molecule has 5 nitrogen and oxygen atoms in total. The lowest BCUT2D eigenvalue weighted by atomic mass is 9.79. The minimum atomic E-state index is -1.63. The van der Waals surface area contributed by atoms with E-state index in [-0.39, 0.29) is 11.2 Å². The Morgan fingerprint density at radius 2 is 2.00 bits per heavy atom. The van der Waals surface area contributed by atoms with Gasteiger partial charge in [0.05, 0.1) is 19.8 Å². The third-order valence-corrected chi connectivity index (χ3v) is 1.93. The molecule has 0 fully saturated rings. The van der Waals surface area contributed by atoms with Crippen molar-refractivity contribution in [1.29, 1.82) is 0 Å². The van der Waals surface area contributed by atoms with E-state index in [1.54, 1.807) is 0 Å². The number of hydrogen-bond donors (Lipinski definition) is 2. The van der Waals surface area contributed by atoms with Crippen LogP contribution in [0.15, 0.2) is 18.2 Å². The van der Waals surface area contributed by atoms with Gasteiger partial charge in [0, 0.05) is 5.46 Å². The van der Waals surface area contributed by atoms with Crippen LogP contribution < -0.4 is 10.2 Å². The number of carbonyl (C=O) groups is 1. The Balaban J connectivity index is 3.13. The maximum Gasteiger partial charge on any atom is 0.492 e. The fraction of sp³-hybridized carbons (Fsp3) is 0.222. The molecule has 0 aliphatic rings. The first-order chi connectivity index (χ1) is 7.10. The van der Waals surface area contributed by atoms with Crippen LogP contribution in [0.25, 0.3) is 0 Å². The number of hydrogen-bond acceptors (Lipinski definition) is 5. The zero-order valence-corrected chi connectivity index (χ0v) is 8.43. The molecule has 0 bridgehead atoms. The molecule has 2 N–H and O–H groups in total. The van der Waals surface area contributed by atoms with Gasteiger partial charge in [-0.1, -0.05) is 6.07 Å². The molecule has 6 heteroatoms. The summed E-state index contributed by atoms with van der Waals surface area (Å²) in [6, 6.07) is 4.22. The smallest absolute Gasteiger partial charge is 0.492 e. The number of rotatable bonds is 3. The Morgan fingerprint density at radius 3 is 2.47 bits per heavy atom. The summed E-state index contributed by atoms with van der Waals surface area (Å²) in [5.41, 5.74) is 0.490. The lowest BCUT2D eigenvalue weighted by Crippen LogP contribution is -2.31. The Labute approximate surface area is 87.4 Å². The Hall–Kier alpha value is -1.53. The molecule has 15 heavy (non-hydrogen) atoms. The van der Waals surface area contributed by atoms with Gasteiger partial charge in [-0.2, -0.15) is 0 Å². The van der Waals surface area contributed by atoms with E-state index in [0.717, 1.165) is 0 Å². The van der Waals surface area contributed by atoms with Gasteiger partial charge >= 0.3 is 13.1 Å². The zero-order chi connectivity index (χ0) is 11.4. The lowest BCUT2D eigenvalue weighted by Gasteiger charge is -2.08. The molecule has 0 unspecified atom stereocenters. The van der Waals surface area contributed by atoms with Crippen LogP contribution in [-0.2, 0) is 4.74 Å². The van der Waals surface area contributed by atoms with Gasteiger partial charge in [0.25, 0.3) is 0 Å². The van der Waals surface area contributed by atoms with Crippen LogP contribution in [0.1, 0.15) is 10.4 Å². The number of methoxy groups -OCH3 is 2. The van der Waals surface area contributed by atoms with E-state index >= 15 is 0 Å². The largest absolute Gasteiger partial charge is 0.497 e. The van der Waals surface area contributed by atoms with Crippen molar-refractivity contribution < 1.29 is 24.3 Å². The quantitative estimate of drug-likeness (QED) is 0.502. The molecular formula is C9H11BO5. The van der Waals surface area contributed by atoms with Crippen molar-refractivity contribution in [3.63, 3.8) is 0 Å². The van der Waals surface area contributed by atoms with Crippen molar-refractivity contribution >= 4 is 18.6 Å². The second-order valence-corrected chi connectivity index (χ2v) is 2.82. The van der Waals surface area contributed by atoms with Crippen molar-refractivity contribution in [2.45, 2.75) is 0 Å². The molecule has 0 heterocycles. The lowest BCUT2D eigenvalue weighted by molar-refractivity contribution is 0.0600. The molecule has 0 radical (unpaired) electrons. The summed E-state index contributed by atoms with van der Waals surface area (Å²) in [7, 11) is 1.01. The van der Waals surface area contributed by atoms with Crippen LogP contribution in [0, 0.1) is 0 Å². The average molecular weight is 210 g/mol. The summed E-state index contributed by atoms with van der Waals surface area (Å²) in [4.78, 5) is 11.2. The minimum absolute atomic E-state index is 0.199. The van der Waals surface area contributed by atoms with Gasteiger partial charge in [-0.3, -0.25) is 0 Å². The molecule has 1 aromatic rings. The van der Waals surface area contributed by atoms with Crippen LogP contribution in [-0.4, -0.2) is 37.4 Å². The van der Waals surface area contributed by atoms with Crippen LogP contribution in [0.3, 0.4) is 0 Å². The van der Waals surface area contributed by atoms with E-state index < -0.39 is 13.1 Å². The maximum absolute atomic E-state index is 11.2. The van der Waals surface area contributed by atoms with E-state index in [0.29, 0.717) is 5.56 Å². The predicted molar refractivity (Wildman–Crippen MR) is 54.2 cm³/mol. The SMILES string of the molecule is COC(=O)c1ccc(B(O)O)c(OC)c1. The number of benzene rings is 1. The molecule has 0 spiro atoms. The topological polar surface area (TPSA) is 76.0 Å². The molecule has 80 valence electrons.